The maximum absolute atomic E-state index is 12.3. The van der Waals surface area contributed by atoms with Crippen molar-refractivity contribution in [2.45, 2.75) is 32.2 Å². The quantitative estimate of drug-likeness (QED) is 0.847. The molecule has 2 aromatic rings. The van der Waals surface area contributed by atoms with Gasteiger partial charge >= 0.3 is 11.7 Å². The van der Waals surface area contributed by atoms with Crippen LogP contribution < -0.4 is 11.2 Å². The summed E-state index contributed by atoms with van der Waals surface area (Å²) in [4.78, 5) is 39.1. The molecule has 7 heteroatoms. The van der Waals surface area contributed by atoms with Crippen molar-refractivity contribution >= 4 is 27.5 Å². The summed E-state index contributed by atoms with van der Waals surface area (Å²) in [6, 6.07) is 0. The van der Waals surface area contributed by atoms with E-state index in [1.54, 1.807) is 0 Å². The first-order chi connectivity index (χ1) is 9.08. The van der Waals surface area contributed by atoms with Gasteiger partial charge in [-0.25, -0.2) is 9.36 Å². The summed E-state index contributed by atoms with van der Waals surface area (Å²) in [5, 5.41) is 9.27. The normalized spacial score (nSPS) is 14.5. The largest absolute Gasteiger partial charge is 0.480 e. The summed E-state index contributed by atoms with van der Waals surface area (Å²) in [5.41, 5.74) is -0.148. The smallest absolute Gasteiger partial charge is 0.329 e. The van der Waals surface area contributed by atoms with Gasteiger partial charge in [0.25, 0.3) is 5.56 Å². The van der Waals surface area contributed by atoms with Gasteiger partial charge in [-0.1, -0.05) is 0 Å². The lowest BCUT2D eigenvalue weighted by atomic mass is 9.97. The lowest BCUT2D eigenvalue weighted by molar-refractivity contribution is -0.137. The summed E-state index contributed by atoms with van der Waals surface area (Å²) in [6.45, 7) is -0.602. The van der Waals surface area contributed by atoms with E-state index in [-0.39, 0.29) is 0 Å². The monoisotopic (exact) mass is 280 g/mol. The predicted molar refractivity (Wildman–Crippen MR) is 71.0 cm³/mol. The van der Waals surface area contributed by atoms with E-state index < -0.39 is 23.8 Å². The number of fused-ring (bicyclic) bond motifs is 3. The third-order valence-electron chi connectivity index (χ3n) is 3.39. The molecule has 1 aliphatic rings. The highest BCUT2D eigenvalue weighted by Gasteiger charge is 2.21. The molecule has 0 atom stereocenters. The first-order valence-electron chi connectivity index (χ1n) is 6.07. The number of carboxylic acids is 1. The zero-order chi connectivity index (χ0) is 13.6. The Morgan fingerprint density at radius 3 is 2.79 bits per heavy atom. The number of nitrogens with zero attached hydrogens (tertiary/aromatic N) is 1. The number of hydrogen-bond acceptors (Lipinski definition) is 4. The van der Waals surface area contributed by atoms with Gasteiger partial charge in [0.05, 0.1) is 5.39 Å². The lowest BCUT2D eigenvalue weighted by Crippen LogP contribution is -2.37. The average Bonchev–Trinajstić information content (AvgIpc) is 2.72. The van der Waals surface area contributed by atoms with E-state index in [9.17, 15) is 14.4 Å². The molecule has 0 aliphatic heterocycles. The van der Waals surface area contributed by atoms with Crippen molar-refractivity contribution < 1.29 is 9.90 Å². The minimum absolute atomic E-state index is 0.486. The van der Waals surface area contributed by atoms with Crippen LogP contribution in [0.25, 0.3) is 10.2 Å². The highest BCUT2D eigenvalue weighted by molar-refractivity contribution is 7.18. The first-order valence-corrected chi connectivity index (χ1v) is 6.88. The summed E-state index contributed by atoms with van der Waals surface area (Å²) in [5.74, 6) is -1.20. The van der Waals surface area contributed by atoms with E-state index in [4.69, 9.17) is 5.11 Å². The van der Waals surface area contributed by atoms with Gasteiger partial charge in [-0.05, 0) is 31.2 Å². The second kappa shape index (κ2) is 4.34. The lowest BCUT2D eigenvalue weighted by Gasteiger charge is -2.10. The Bertz CT molecular complexity index is 783. The van der Waals surface area contributed by atoms with Gasteiger partial charge < -0.3 is 5.11 Å². The van der Waals surface area contributed by atoms with Crippen molar-refractivity contribution in [1.29, 1.82) is 0 Å². The van der Waals surface area contributed by atoms with Crippen molar-refractivity contribution in [2.24, 2.45) is 0 Å². The highest BCUT2D eigenvalue weighted by Crippen LogP contribution is 2.32. The molecule has 0 radical (unpaired) electrons. The van der Waals surface area contributed by atoms with Crippen LogP contribution >= 0.6 is 11.3 Å². The van der Waals surface area contributed by atoms with Crippen LogP contribution in [0.2, 0.25) is 0 Å². The van der Waals surface area contributed by atoms with Crippen LogP contribution in [0, 0.1) is 0 Å². The summed E-state index contributed by atoms with van der Waals surface area (Å²) >= 11 is 1.44. The van der Waals surface area contributed by atoms with Crippen molar-refractivity contribution in [3.63, 3.8) is 0 Å². The van der Waals surface area contributed by atoms with Gasteiger partial charge in [0.2, 0.25) is 0 Å². The molecule has 0 saturated carbocycles. The zero-order valence-electron chi connectivity index (χ0n) is 10.1. The topological polar surface area (TPSA) is 92.2 Å². The van der Waals surface area contributed by atoms with Crippen molar-refractivity contribution in [3.8, 4) is 0 Å². The maximum atomic E-state index is 12.3. The average molecular weight is 280 g/mol. The molecule has 3 rings (SSSR count). The molecule has 0 fully saturated rings. The van der Waals surface area contributed by atoms with Crippen LogP contribution in [0.3, 0.4) is 0 Å². The van der Waals surface area contributed by atoms with E-state index >= 15 is 0 Å². The third-order valence-corrected chi connectivity index (χ3v) is 4.60. The molecule has 0 bridgehead atoms. The van der Waals surface area contributed by atoms with E-state index in [2.05, 4.69) is 4.98 Å². The molecule has 0 unspecified atom stereocenters. The van der Waals surface area contributed by atoms with Crippen LogP contribution in [0.1, 0.15) is 23.3 Å². The minimum Gasteiger partial charge on any atom is -0.480 e. The standard InChI is InChI=1S/C12H12N2O4S/c15-8(16)5-14-11(17)9-6-3-1-2-4-7(6)19-10(9)13-12(14)18/h1-5H2,(H,13,18)(H,15,16). The van der Waals surface area contributed by atoms with Crippen LogP contribution in [0.15, 0.2) is 9.59 Å². The Balaban J connectivity index is 2.33. The van der Waals surface area contributed by atoms with Crippen LogP contribution in [0.5, 0.6) is 0 Å². The summed E-state index contributed by atoms with van der Waals surface area (Å²) < 4.78 is 0.756. The number of aliphatic carboxylic acids is 1. The van der Waals surface area contributed by atoms with E-state index in [1.807, 2.05) is 0 Å². The number of aromatic amines is 1. The number of aryl methyl sites for hydroxylation is 2. The predicted octanol–water partition coefficient (Wildman–Crippen LogP) is 0.715. The van der Waals surface area contributed by atoms with Crippen molar-refractivity contribution in [2.75, 3.05) is 0 Å². The summed E-state index contributed by atoms with van der Waals surface area (Å²) in [6.07, 6.45) is 3.86. The molecule has 100 valence electrons. The molecule has 0 spiro atoms. The Hall–Kier alpha value is -1.89. The van der Waals surface area contributed by atoms with Gasteiger partial charge in [0, 0.05) is 4.88 Å². The molecule has 19 heavy (non-hydrogen) atoms. The number of hydrogen-bond donors (Lipinski definition) is 2. The number of aromatic nitrogens is 2. The fourth-order valence-corrected chi connectivity index (χ4v) is 3.82. The second-order valence-electron chi connectivity index (χ2n) is 4.63. The zero-order valence-corrected chi connectivity index (χ0v) is 10.9. The molecule has 2 heterocycles. The molecule has 0 saturated heterocycles. The second-order valence-corrected chi connectivity index (χ2v) is 5.74. The number of rotatable bonds is 2. The van der Waals surface area contributed by atoms with Gasteiger partial charge in [-0.15, -0.1) is 11.3 Å². The van der Waals surface area contributed by atoms with Crippen molar-refractivity contribution in [1.82, 2.24) is 9.55 Å². The molecule has 2 N–H and O–H groups in total. The summed E-state index contributed by atoms with van der Waals surface area (Å²) in [7, 11) is 0. The number of carbonyl (C=O) groups is 1. The molecular weight excluding hydrogens is 268 g/mol. The van der Waals surface area contributed by atoms with Crippen LogP contribution in [-0.4, -0.2) is 20.6 Å². The highest BCUT2D eigenvalue weighted by atomic mass is 32.1. The van der Waals surface area contributed by atoms with Gasteiger partial charge in [0.1, 0.15) is 11.4 Å². The Labute approximate surface area is 111 Å². The Kier molecular flexibility index (Phi) is 2.78. The molecule has 1 aliphatic carbocycles. The van der Waals surface area contributed by atoms with Gasteiger partial charge in [-0.2, -0.15) is 0 Å². The van der Waals surface area contributed by atoms with Crippen LogP contribution in [-0.2, 0) is 24.2 Å². The number of H-pyrrole nitrogens is 1. The molecule has 0 amide bonds. The maximum Gasteiger partial charge on any atom is 0.329 e. The fourth-order valence-electron chi connectivity index (χ4n) is 2.55. The molecule has 6 nitrogen and oxygen atoms in total. The Morgan fingerprint density at radius 2 is 2.05 bits per heavy atom. The van der Waals surface area contributed by atoms with Gasteiger partial charge in [0.15, 0.2) is 0 Å². The molecule has 2 aromatic heterocycles. The molecule has 0 aromatic carbocycles. The molecular formula is C12H12N2O4S. The number of carboxylic acid groups (broad SMARTS) is 1. The number of thiophene rings is 1. The SMILES string of the molecule is O=C(O)Cn1c(=O)[nH]c2sc3c(c2c1=O)CCCC3. The Morgan fingerprint density at radius 1 is 1.32 bits per heavy atom. The van der Waals surface area contributed by atoms with E-state index in [0.29, 0.717) is 10.2 Å². The van der Waals surface area contributed by atoms with Crippen molar-refractivity contribution in [3.05, 3.63) is 31.3 Å². The van der Waals surface area contributed by atoms with E-state index in [0.717, 1.165) is 40.7 Å². The van der Waals surface area contributed by atoms with Crippen LogP contribution in [0.4, 0.5) is 0 Å². The fraction of sp³-hybridized carbons (Fsp3) is 0.417. The van der Waals surface area contributed by atoms with E-state index in [1.165, 1.54) is 11.3 Å². The minimum atomic E-state index is -1.20. The third kappa shape index (κ3) is 1.90. The first kappa shape index (κ1) is 12.2. The number of nitrogens with one attached hydrogen (secondary N) is 1. The van der Waals surface area contributed by atoms with Gasteiger partial charge in [-0.3, -0.25) is 14.6 Å².